The first kappa shape index (κ1) is 17.3. The van der Waals surface area contributed by atoms with E-state index >= 15 is 0 Å². The minimum atomic E-state index is 0.164. The zero-order chi connectivity index (χ0) is 17.7. The molecule has 5 heteroatoms. The summed E-state index contributed by atoms with van der Waals surface area (Å²) in [6.45, 7) is 1.50. The van der Waals surface area contributed by atoms with Crippen molar-refractivity contribution in [1.82, 2.24) is 10.6 Å². The van der Waals surface area contributed by atoms with Gasteiger partial charge < -0.3 is 10.6 Å². The quantitative estimate of drug-likeness (QED) is 0.638. The Morgan fingerprint density at radius 1 is 1.20 bits per heavy atom. The second-order valence-corrected chi connectivity index (χ2v) is 6.82. The summed E-state index contributed by atoms with van der Waals surface area (Å²) in [7, 11) is 1.77. The highest BCUT2D eigenvalue weighted by Gasteiger charge is 2.44. The Kier molecular flexibility index (Phi) is 5.25. The lowest BCUT2D eigenvalue weighted by molar-refractivity contribution is 0.645. The lowest BCUT2D eigenvalue weighted by atomic mass is 9.96. The van der Waals surface area contributed by atoms with Gasteiger partial charge in [-0.3, -0.25) is 4.99 Å². The Morgan fingerprint density at radius 3 is 2.56 bits per heavy atom. The predicted octanol–water partition coefficient (Wildman–Crippen LogP) is 3.61. The molecule has 0 heterocycles. The molecule has 25 heavy (non-hydrogen) atoms. The summed E-state index contributed by atoms with van der Waals surface area (Å²) in [5.41, 5.74) is 3.23. The molecule has 0 amide bonds. The van der Waals surface area contributed by atoms with E-state index in [2.05, 4.69) is 33.8 Å². The van der Waals surface area contributed by atoms with Crippen LogP contribution in [0.3, 0.4) is 0 Å². The molecule has 2 aromatic rings. The Hall–Kier alpha value is -2.51. The van der Waals surface area contributed by atoms with E-state index in [1.165, 1.54) is 5.56 Å². The van der Waals surface area contributed by atoms with E-state index in [1.807, 2.05) is 36.4 Å². The van der Waals surface area contributed by atoms with E-state index in [1.54, 1.807) is 7.05 Å². The zero-order valence-electron chi connectivity index (χ0n) is 14.2. The molecule has 1 saturated carbocycles. The average molecular weight is 353 g/mol. The van der Waals surface area contributed by atoms with Crippen LogP contribution in [0.1, 0.15) is 29.5 Å². The van der Waals surface area contributed by atoms with Crippen molar-refractivity contribution in [2.45, 2.75) is 24.8 Å². The Morgan fingerprint density at radius 2 is 1.96 bits per heavy atom. The van der Waals surface area contributed by atoms with Gasteiger partial charge >= 0.3 is 0 Å². The van der Waals surface area contributed by atoms with Gasteiger partial charge in [0, 0.05) is 30.6 Å². The van der Waals surface area contributed by atoms with Crippen molar-refractivity contribution < 1.29 is 0 Å². The molecule has 0 atom stereocenters. The molecular weight excluding hydrogens is 332 g/mol. The Bertz CT molecular complexity index is 801. The molecule has 0 spiro atoms. The maximum Gasteiger partial charge on any atom is 0.191 e. The highest BCUT2D eigenvalue weighted by molar-refractivity contribution is 6.30. The van der Waals surface area contributed by atoms with E-state index in [0.29, 0.717) is 12.1 Å². The van der Waals surface area contributed by atoms with Crippen LogP contribution >= 0.6 is 11.6 Å². The fraction of sp³-hybridized carbons (Fsp3) is 0.300. The second-order valence-electron chi connectivity index (χ2n) is 6.38. The maximum atomic E-state index is 8.84. The van der Waals surface area contributed by atoms with E-state index < -0.39 is 0 Å². The molecule has 0 unspecified atom stereocenters. The number of nitrogens with zero attached hydrogens (tertiary/aromatic N) is 2. The number of nitrogens with one attached hydrogen (secondary N) is 2. The largest absolute Gasteiger partial charge is 0.356 e. The minimum absolute atomic E-state index is 0.164. The normalized spacial score (nSPS) is 15.3. The number of rotatable bonds is 5. The summed E-state index contributed by atoms with van der Waals surface area (Å²) in [5.74, 6) is 0.776. The molecule has 0 radical (unpaired) electrons. The molecule has 0 aromatic heterocycles. The summed E-state index contributed by atoms with van der Waals surface area (Å²) in [4.78, 5) is 4.29. The zero-order valence-corrected chi connectivity index (χ0v) is 15.0. The lowest BCUT2D eigenvalue weighted by Crippen LogP contribution is -2.40. The van der Waals surface area contributed by atoms with E-state index in [-0.39, 0.29) is 5.41 Å². The van der Waals surface area contributed by atoms with Gasteiger partial charge in [0.15, 0.2) is 5.96 Å². The summed E-state index contributed by atoms with van der Waals surface area (Å²) < 4.78 is 0. The van der Waals surface area contributed by atoms with Crippen molar-refractivity contribution in [3.8, 4) is 6.07 Å². The molecule has 2 aromatic carbocycles. The molecular formula is C20H21ClN4. The van der Waals surface area contributed by atoms with E-state index in [9.17, 15) is 0 Å². The van der Waals surface area contributed by atoms with Crippen molar-refractivity contribution in [3.63, 3.8) is 0 Å². The van der Waals surface area contributed by atoms with Crippen LogP contribution < -0.4 is 10.6 Å². The van der Waals surface area contributed by atoms with Crippen molar-refractivity contribution in [1.29, 1.82) is 5.26 Å². The highest BCUT2D eigenvalue weighted by atomic mass is 35.5. The molecule has 0 saturated heterocycles. The summed E-state index contributed by atoms with van der Waals surface area (Å²) in [6.07, 6.45) is 2.32. The predicted molar refractivity (Wildman–Crippen MR) is 102 cm³/mol. The highest BCUT2D eigenvalue weighted by Crippen LogP contribution is 2.48. The van der Waals surface area contributed by atoms with Gasteiger partial charge in [0.2, 0.25) is 0 Å². The summed E-state index contributed by atoms with van der Waals surface area (Å²) in [5, 5.41) is 16.4. The standard InChI is InChI=1S/C20H21ClN4/c1-23-19(24-13-16-7-5-15(12-22)6-8-16)25-14-20(9-10-20)17-3-2-4-18(21)11-17/h2-8,11H,9-10,13-14H2,1H3,(H2,23,24,25). The molecule has 3 rings (SSSR count). The molecule has 4 nitrogen and oxygen atoms in total. The third kappa shape index (κ3) is 4.32. The van der Waals surface area contributed by atoms with Gasteiger partial charge in [-0.2, -0.15) is 5.26 Å². The number of nitriles is 1. The van der Waals surface area contributed by atoms with Crippen LogP contribution in [0.5, 0.6) is 0 Å². The average Bonchev–Trinajstić information content (AvgIpc) is 3.43. The van der Waals surface area contributed by atoms with Crippen molar-refractivity contribution in [2.75, 3.05) is 13.6 Å². The monoisotopic (exact) mass is 352 g/mol. The van der Waals surface area contributed by atoms with Gasteiger partial charge in [-0.05, 0) is 48.2 Å². The molecule has 128 valence electrons. The topological polar surface area (TPSA) is 60.2 Å². The van der Waals surface area contributed by atoms with Crippen LogP contribution in [0.2, 0.25) is 5.02 Å². The van der Waals surface area contributed by atoms with Gasteiger partial charge in [-0.1, -0.05) is 35.9 Å². The Labute approximate surface area is 153 Å². The molecule has 0 aliphatic heterocycles. The van der Waals surface area contributed by atoms with E-state index in [4.69, 9.17) is 16.9 Å². The summed E-state index contributed by atoms with van der Waals surface area (Å²) >= 11 is 6.13. The van der Waals surface area contributed by atoms with Gasteiger partial charge in [0.25, 0.3) is 0 Å². The SMILES string of the molecule is CN=C(NCc1ccc(C#N)cc1)NCC1(c2cccc(Cl)c2)CC1. The lowest BCUT2D eigenvalue weighted by Gasteiger charge is -2.19. The molecule has 1 aliphatic carbocycles. The van der Waals surface area contributed by atoms with Crippen LogP contribution in [0.15, 0.2) is 53.5 Å². The van der Waals surface area contributed by atoms with E-state index in [0.717, 1.165) is 35.9 Å². The second kappa shape index (κ2) is 7.58. The number of benzene rings is 2. The summed E-state index contributed by atoms with van der Waals surface area (Å²) in [6, 6.07) is 17.8. The van der Waals surface area contributed by atoms with Gasteiger partial charge in [-0.15, -0.1) is 0 Å². The van der Waals surface area contributed by atoms with Gasteiger partial charge in [0.05, 0.1) is 11.6 Å². The number of hydrogen-bond donors (Lipinski definition) is 2. The van der Waals surface area contributed by atoms with Crippen LogP contribution in [0.4, 0.5) is 0 Å². The smallest absolute Gasteiger partial charge is 0.191 e. The number of aliphatic imine (C=N–C) groups is 1. The fourth-order valence-corrected chi connectivity index (χ4v) is 3.08. The molecule has 2 N–H and O–H groups in total. The third-order valence-corrected chi connectivity index (χ3v) is 4.89. The Balaban J connectivity index is 1.55. The molecule has 1 fully saturated rings. The maximum absolute atomic E-state index is 8.84. The first-order valence-electron chi connectivity index (χ1n) is 8.35. The van der Waals surface area contributed by atoms with Crippen molar-refractivity contribution >= 4 is 17.6 Å². The molecule has 1 aliphatic rings. The van der Waals surface area contributed by atoms with Crippen LogP contribution in [-0.2, 0) is 12.0 Å². The van der Waals surface area contributed by atoms with Crippen molar-refractivity contribution in [2.24, 2.45) is 4.99 Å². The third-order valence-electron chi connectivity index (χ3n) is 4.65. The van der Waals surface area contributed by atoms with Gasteiger partial charge in [0.1, 0.15) is 0 Å². The van der Waals surface area contributed by atoms with Gasteiger partial charge in [-0.25, -0.2) is 0 Å². The van der Waals surface area contributed by atoms with Crippen LogP contribution in [0.25, 0.3) is 0 Å². The first-order valence-corrected chi connectivity index (χ1v) is 8.73. The van der Waals surface area contributed by atoms with Crippen molar-refractivity contribution in [3.05, 3.63) is 70.2 Å². The molecule has 0 bridgehead atoms. The van der Waals surface area contributed by atoms with Crippen LogP contribution in [0, 0.1) is 11.3 Å². The number of halogens is 1. The fourth-order valence-electron chi connectivity index (χ4n) is 2.89. The number of guanidine groups is 1. The minimum Gasteiger partial charge on any atom is -0.356 e. The first-order chi connectivity index (χ1) is 12.1. The number of hydrogen-bond acceptors (Lipinski definition) is 2. The van der Waals surface area contributed by atoms with Crippen LogP contribution in [-0.4, -0.2) is 19.6 Å².